The Balaban J connectivity index is 1.94. The molecule has 0 aromatic heterocycles. The van der Waals surface area contributed by atoms with Crippen LogP contribution in [-0.2, 0) is 17.9 Å². The molecule has 0 radical (unpaired) electrons. The molecule has 6 heteroatoms. The fourth-order valence-electron chi connectivity index (χ4n) is 2.26. The second kappa shape index (κ2) is 10.5. The molecular formula is C19H23Cl2NO3. The molecule has 0 aliphatic rings. The van der Waals surface area contributed by atoms with E-state index < -0.39 is 0 Å². The third-order valence-corrected chi connectivity index (χ3v) is 4.17. The van der Waals surface area contributed by atoms with Crippen molar-refractivity contribution in [1.82, 2.24) is 5.32 Å². The maximum absolute atomic E-state index is 6.17. The van der Waals surface area contributed by atoms with Crippen LogP contribution in [0.1, 0.15) is 18.1 Å². The summed E-state index contributed by atoms with van der Waals surface area (Å²) in [7, 11) is 1.63. The molecule has 4 nitrogen and oxygen atoms in total. The minimum Gasteiger partial charge on any atom is -0.493 e. The molecule has 0 bridgehead atoms. The number of benzene rings is 2. The first kappa shape index (κ1) is 19.9. The molecule has 2 aromatic carbocycles. The summed E-state index contributed by atoms with van der Waals surface area (Å²) < 4.78 is 16.6. The van der Waals surface area contributed by atoms with Gasteiger partial charge in [-0.05, 0) is 36.8 Å². The fraction of sp³-hybridized carbons (Fsp3) is 0.368. The number of ether oxygens (including phenoxy) is 3. The first-order valence-corrected chi connectivity index (χ1v) is 8.91. The molecule has 0 atom stereocenters. The van der Waals surface area contributed by atoms with Crippen molar-refractivity contribution >= 4 is 23.2 Å². The Morgan fingerprint density at radius 3 is 2.60 bits per heavy atom. The van der Waals surface area contributed by atoms with Crippen molar-refractivity contribution in [3.63, 3.8) is 0 Å². The van der Waals surface area contributed by atoms with Crippen LogP contribution in [0.4, 0.5) is 0 Å². The Labute approximate surface area is 159 Å². The van der Waals surface area contributed by atoms with Crippen LogP contribution in [0.15, 0.2) is 36.4 Å². The van der Waals surface area contributed by atoms with Crippen LogP contribution < -0.4 is 14.8 Å². The van der Waals surface area contributed by atoms with Gasteiger partial charge in [-0.15, -0.1) is 0 Å². The van der Waals surface area contributed by atoms with Crippen molar-refractivity contribution in [2.24, 2.45) is 0 Å². The average molecular weight is 384 g/mol. The molecule has 0 saturated carbocycles. The van der Waals surface area contributed by atoms with Gasteiger partial charge in [0.25, 0.3) is 0 Å². The minimum absolute atomic E-state index is 0.346. The smallest absolute Gasteiger partial charge is 0.161 e. The zero-order valence-electron chi connectivity index (χ0n) is 14.5. The zero-order chi connectivity index (χ0) is 18.1. The second-order valence-electron chi connectivity index (χ2n) is 5.38. The monoisotopic (exact) mass is 383 g/mol. The quantitative estimate of drug-likeness (QED) is 0.603. The summed E-state index contributed by atoms with van der Waals surface area (Å²) in [4.78, 5) is 0. The standard InChI is InChI=1S/C19H23Cl2NO3/c1-3-24-9-8-22-12-14-4-7-18(19(10-14)23-2)25-13-15-5-6-16(20)11-17(15)21/h4-7,10-11,22H,3,8-9,12-13H2,1-2H3. The predicted octanol–water partition coefficient (Wildman–Crippen LogP) is 4.71. The summed E-state index contributed by atoms with van der Waals surface area (Å²) in [6.07, 6.45) is 0. The topological polar surface area (TPSA) is 39.7 Å². The van der Waals surface area contributed by atoms with Crippen molar-refractivity contribution in [2.45, 2.75) is 20.1 Å². The fourth-order valence-corrected chi connectivity index (χ4v) is 2.72. The average Bonchev–Trinajstić information content (AvgIpc) is 2.61. The predicted molar refractivity (Wildman–Crippen MR) is 102 cm³/mol. The molecule has 0 saturated heterocycles. The molecular weight excluding hydrogens is 361 g/mol. The van der Waals surface area contributed by atoms with Crippen LogP contribution in [-0.4, -0.2) is 26.9 Å². The van der Waals surface area contributed by atoms with Gasteiger partial charge in [0, 0.05) is 35.3 Å². The summed E-state index contributed by atoms with van der Waals surface area (Å²) >= 11 is 12.1. The molecule has 0 amide bonds. The largest absolute Gasteiger partial charge is 0.493 e. The van der Waals surface area contributed by atoms with Gasteiger partial charge < -0.3 is 19.5 Å². The molecule has 0 unspecified atom stereocenters. The Kier molecular flexibility index (Phi) is 8.35. The molecule has 0 aliphatic heterocycles. The van der Waals surface area contributed by atoms with Crippen LogP contribution in [0, 0.1) is 0 Å². The Bertz CT molecular complexity index is 680. The number of hydrogen-bond donors (Lipinski definition) is 1. The molecule has 2 aromatic rings. The molecule has 136 valence electrons. The van der Waals surface area contributed by atoms with Crippen LogP contribution in [0.3, 0.4) is 0 Å². The molecule has 0 spiro atoms. The highest BCUT2D eigenvalue weighted by Gasteiger charge is 2.08. The molecule has 0 heterocycles. The summed E-state index contributed by atoms with van der Waals surface area (Å²) in [6.45, 7) is 5.32. The van der Waals surface area contributed by atoms with E-state index in [9.17, 15) is 0 Å². The maximum atomic E-state index is 6.17. The van der Waals surface area contributed by atoms with E-state index in [-0.39, 0.29) is 0 Å². The number of rotatable bonds is 10. The van der Waals surface area contributed by atoms with Crippen LogP contribution in [0.25, 0.3) is 0 Å². The minimum atomic E-state index is 0.346. The number of nitrogens with one attached hydrogen (secondary N) is 1. The zero-order valence-corrected chi connectivity index (χ0v) is 16.0. The molecule has 2 rings (SSSR count). The summed E-state index contributed by atoms with van der Waals surface area (Å²) in [6, 6.07) is 11.2. The first-order valence-electron chi connectivity index (χ1n) is 8.16. The molecule has 0 fully saturated rings. The second-order valence-corrected chi connectivity index (χ2v) is 6.23. The van der Waals surface area contributed by atoms with Gasteiger partial charge >= 0.3 is 0 Å². The van der Waals surface area contributed by atoms with Gasteiger partial charge in [0.2, 0.25) is 0 Å². The third-order valence-electron chi connectivity index (χ3n) is 3.58. The van der Waals surface area contributed by atoms with E-state index in [0.717, 1.165) is 30.8 Å². The number of hydrogen-bond acceptors (Lipinski definition) is 4. The highest BCUT2D eigenvalue weighted by Crippen LogP contribution is 2.30. The lowest BCUT2D eigenvalue weighted by molar-refractivity contribution is 0.149. The summed E-state index contributed by atoms with van der Waals surface area (Å²) in [5, 5.41) is 4.52. The van der Waals surface area contributed by atoms with Gasteiger partial charge in [-0.1, -0.05) is 35.3 Å². The van der Waals surface area contributed by atoms with Crippen LogP contribution >= 0.6 is 23.2 Å². The van der Waals surface area contributed by atoms with Crippen molar-refractivity contribution in [3.8, 4) is 11.5 Å². The highest BCUT2D eigenvalue weighted by molar-refractivity contribution is 6.35. The van der Waals surface area contributed by atoms with Crippen molar-refractivity contribution in [3.05, 3.63) is 57.6 Å². The Morgan fingerprint density at radius 1 is 1.04 bits per heavy atom. The normalized spacial score (nSPS) is 10.7. The van der Waals surface area contributed by atoms with Gasteiger partial charge in [-0.25, -0.2) is 0 Å². The Hall–Kier alpha value is -1.46. The van der Waals surface area contributed by atoms with Crippen molar-refractivity contribution < 1.29 is 14.2 Å². The van der Waals surface area contributed by atoms with Gasteiger partial charge in [-0.2, -0.15) is 0 Å². The van der Waals surface area contributed by atoms with Crippen molar-refractivity contribution in [1.29, 1.82) is 0 Å². The molecule has 1 N–H and O–H groups in total. The number of halogens is 2. The SMILES string of the molecule is CCOCCNCc1ccc(OCc2ccc(Cl)cc2Cl)c(OC)c1. The molecule has 0 aliphatic carbocycles. The molecule has 25 heavy (non-hydrogen) atoms. The van der Waals surface area contributed by atoms with Gasteiger partial charge in [0.15, 0.2) is 11.5 Å². The van der Waals surface area contributed by atoms with Crippen LogP contribution in [0.2, 0.25) is 10.0 Å². The van der Waals surface area contributed by atoms with E-state index in [0.29, 0.717) is 34.8 Å². The summed E-state index contributed by atoms with van der Waals surface area (Å²) in [5.74, 6) is 1.36. The van der Waals surface area contributed by atoms with Crippen molar-refractivity contribution in [2.75, 3.05) is 26.9 Å². The van der Waals surface area contributed by atoms with E-state index in [4.69, 9.17) is 37.4 Å². The summed E-state index contributed by atoms with van der Waals surface area (Å²) in [5.41, 5.74) is 1.99. The lowest BCUT2D eigenvalue weighted by Gasteiger charge is -2.13. The van der Waals surface area contributed by atoms with E-state index in [1.54, 1.807) is 19.2 Å². The maximum Gasteiger partial charge on any atom is 0.161 e. The van der Waals surface area contributed by atoms with E-state index in [2.05, 4.69) is 5.32 Å². The van der Waals surface area contributed by atoms with E-state index in [1.165, 1.54) is 0 Å². The lowest BCUT2D eigenvalue weighted by atomic mass is 10.2. The van der Waals surface area contributed by atoms with E-state index >= 15 is 0 Å². The van der Waals surface area contributed by atoms with Gasteiger partial charge in [0.1, 0.15) is 6.61 Å². The highest BCUT2D eigenvalue weighted by atomic mass is 35.5. The lowest BCUT2D eigenvalue weighted by Crippen LogP contribution is -2.19. The van der Waals surface area contributed by atoms with Gasteiger partial charge in [-0.3, -0.25) is 0 Å². The Morgan fingerprint density at radius 2 is 1.88 bits per heavy atom. The number of methoxy groups -OCH3 is 1. The first-order chi connectivity index (χ1) is 12.1. The van der Waals surface area contributed by atoms with Gasteiger partial charge in [0.05, 0.1) is 13.7 Å². The van der Waals surface area contributed by atoms with Crippen LogP contribution in [0.5, 0.6) is 11.5 Å². The van der Waals surface area contributed by atoms with E-state index in [1.807, 2.05) is 31.2 Å². The third kappa shape index (κ3) is 6.40.